The van der Waals surface area contributed by atoms with Gasteiger partial charge in [-0.25, -0.2) is 4.98 Å². The number of carbonyl (C=O) groups is 1. The lowest BCUT2D eigenvalue weighted by Gasteiger charge is -2.28. The van der Waals surface area contributed by atoms with Gasteiger partial charge in [0.25, 0.3) is 0 Å². The molecular formula is C28H33F2N3O4. The largest absolute Gasteiger partial charge is 0.496 e. The Balaban J connectivity index is 1.42. The van der Waals surface area contributed by atoms with Gasteiger partial charge in [-0.1, -0.05) is 0 Å². The van der Waals surface area contributed by atoms with Crippen LogP contribution in [0.2, 0.25) is 0 Å². The van der Waals surface area contributed by atoms with E-state index >= 15 is 0 Å². The van der Waals surface area contributed by atoms with Gasteiger partial charge in [-0.2, -0.15) is 8.78 Å². The first-order chi connectivity index (χ1) is 17.8. The fraction of sp³-hybridized carbons (Fsp3) is 0.500. The Morgan fingerprint density at radius 1 is 1.16 bits per heavy atom. The number of methoxy groups -OCH3 is 1. The Kier molecular flexibility index (Phi) is 7.33. The summed E-state index contributed by atoms with van der Waals surface area (Å²) in [6, 6.07) is 7.75. The average molecular weight is 514 g/mol. The molecule has 1 aliphatic carbocycles. The van der Waals surface area contributed by atoms with Crippen molar-refractivity contribution < 1.29 is 27.8 Å². The molecule has 3 heterocycles. The summed E-state index contributed by atoms with van der Waals surface area (Å²) in [5.41, 5.74) is 1.92. The fourth-order valence-electron chi connectivity index (χ4n) is 5.22. The Hall–Kier alpha value is -3.20. The van der Waals surface area contributed by atoms with E-state index in [0.29, 0.717) is 47.9 Å². The summed E-state index contributed by atoms with van der Waals surface area (Å²) in [7, 11) is 1.42. The lowest BCUT2D eigenvalue weighted by Crippen LogP contribution is -2.39. The van der Waals surface area contributed by atoms with Gasteiger partial charge in [-0.05, 0) is 70.2 Å². The van der Waals surface area contributed by atoms with Crippen LogP contribution >= 0.6 is 0 Å². The van der Waals surface area contributed by atoms with Crippen LogP contribution in [-0.4, -0.2) is 59.0 Å². The number of Topliss-reactive ketones (excluding diaryl/α,β-unsaturated/α-hetero) is 1. The van der Waals surface area contributed by atoms with Crippen LogP contribution in [0.1, 0.15) is 56.3 Å². The summed E-state index contributed by atoms with van der Waals surface area (Å²) in [6.07, 6.45) is 8.04. The first-order valence-corrected chi connectivity index (χ1v) is 12.9. The predicted molar refractivity (Wildman–Crippen MR) is 136 cm³/mol. The molecule has 1 saturated heterocycles. The third-order valence-corrected chi connectivity index (χ3v) is 7.26. The second-order valence-corrected chi connectivity index (χ2v) is 10.2. The molecule has 2 aromatic heterocycles. The van der Waals surface area contributed by atoms with E-state index in [0.717, 1.165) is 31.6 Å². The molecule has 0 amide bonds. The second kappa shape index (κ2) is 10.7. The molecule has 0 bridgehead atoms. The van der Waals surface area contributed by atoms with Crippen LogP contribution < -0.4 is 14.2 Å². The number of alkyl halides is 2. The molecule has 5 rings (SSSR count). The minimum absolute atomic E-state index is 0.0605. The molecule has 1 aromatic carbocycles. The maximum atomic E-state index is 13.3. The molecule has 0 spiro atoms. The number of hydrogen-bond donors (Lipinski definition) is 0. The zero-order valence-electron chi connectivity index (χ0n) is 21.5. The number of benzene rings is 1. The number of nitrogens with zero attached hydrogens (tertiary/aromatic N) is 3. The highest BCUT2D eigenvalue weighted by molar-refractivity contribution is 6.02. The Bertz CT molecular complexity index is 1270. The van der Waals surface area contributed by atoms with Gasteiger partial charge in [0, 0.05) is 36.3 Å². The smallest absolute Gasteiger partial charge is 0.387 e. The van der Waals surface area contributed by atoms with Crippen molar-refractivity contribution >= 4 is 11.4 Å². The molecular weight excluding hydrogens is 480 g/mol. The van der Waals surface area contributed by atoms with Crippen LogP contribution in [0.5, 0.6) is 17.2 Å². The molecule has 1 aliphatic heterocycles. The van der Waals surface area contributed by atoms with Crippen LogP contribution in [0.25, 0.3) is 16.9 Å². The van der Waals surface area contributed by atoms with Crippen LogP contribution in [0.4, 0.5) is 8.78 Å². The summed E-state index contributed by atoms with van der Waals surface area (Å²) in [5.74, 6) is 0.796. The van der Waals surface area contributed by atoms with Crippen molar-refractivity contribution in [1.82, 2.24) is 14.3 Å². The number of ketones is 1. The highest BCUT2D eigenvalue weighted by atomic mass is 19.3. The van der Waals surface area contributed by atoms with E-state index in [-0.39, 0.29) is 22.8 Å². The van der Waals surface area contributed by atoms with Crippen molar-refractivity contribution in [1.29, 1.82) is 0 Å². The topological polar surface area (TPSA) is 65.3 Å². The van der Waals surface area contributed by atoms with E-state index in [1.54, 1.807) is 12.3 Å². The van der Waals surface area contributed by atoms with Crippen molar-refractivity contribution in [3.05, 3.63) is 42.2 Å². The van der Waals surface area contributed by atoms with E-state index in [1.165, 1.54) is 19.6 Å². The van der Waals surface area contributed by atoms with Gasteiger partial charge < -0.3 is 14.2 Å². The second-order valence-electron chi connectivity index (χ2n) is 10.2. The average Bonchev–Trinajstić information content (AvgIpc) is 3.37. The van der Waals surface area contributed by atoms with Crippen molar-refractivity contribution in [3.8, 4) is 28.5 Å². The van der Waals surface area contributed by atoms with E-state index < -0.39 is 6.61 Å². The minimum Gasteiger partial charge on any atom is -0.496 e. The molecule has 198 valence electrons. The number of halogens is 2. The molecule has 7 nitrogen and oxygen atoms in total. The van der Waals surface area contributed by atoms with Gasteiger partial charge >= 0.3 is 6.61 Å². The van der Waals surface area contributed by atoms with Gasteiger partial charge in [0.15, 0.2) is 5.78 Å². The fourth-order valence-corrected chi connectivity index (χ4v) is 5.22. The molecule has 1 atom stereocenters. The third-order valence-electron chi connectivity index (χ3n) is 7.26. The van der Waals surface area contributed by atoms with Crippen LogP contribution in [-0.2, 0) is 0 Å². The minimum atomic E-state index is -3.07. The van der Waals surface area contributed by atoms with E-state index in [2.05, 4.69) is 23.7 Å². The Morgan fingerprint density at radius 3 is 2.65 bits per heavy atom. The first-order valence-electron chi connectivity index (χ1n) is 12.9. The zero-order chi connectivity index (χ0) is 26.1. The lowest BCUT2D eigenvalue weighted by molar-refractivity contribution is -0.0502. The molecule has 37 heavy (non-hydrogen) atoms. The van der Waals surface area contributed by atoms with Gasteiger partial charge in [-0.3, -0.25) is 14.1 Å². The number of imidazole rings is 1. The van der Waals surface area contributed by atoms with Gasteiger partial charge in [0.1, 0.15) is 35.1 Å². The van der Waals surface area contributed by atoms with E-state index in [9.17, 15) is 13.6 Å². The standard InChI is InChI=1S/C28H33F2N3O4/c1-17(2)32-9-4-5-20(32)16-36-21-8-10-33-22(15-31-26(33)14-21)19-12-24(35-3)27(23(34)11-18-6-7-18)25(13-19)37-28(29)30/h8,10,12-15,17-18,20,28H,4-7,9,11,16H2,1-3H3. The highest BCUT2D eigenvalue weighted by Gasteiger charge is 2.30. The van der Waals surface area contributed by atoms with Crippen molar-refractivity contribution in [3.63, 3.8) is 0 Å². The Labute approximate surface area is 215 Å². The molecule has 2 aliphatic rings. The van der Waals surface area contributed by atoms with Crippen LogP contribution in [0.3, 0.4) is 0 Å². The highest BCUT2D eigenvalue weighted by Crippen LogP contribution is 2.40. The summed E-state index contributed by atoms with van der Waals surface area (Å²) in [5, 5.41) is 0. The summed E-state index contributed by atoms with van der Waals surface area (Å²) < 4.78 is 44.8. The zero-order valence-corrected chi connectivity index (χ0v) is 21.5. The van der Waals surface area contributed by atoms with Gasteiger partial charge in [0.05, 0.1) is 19.0 Å². The number of aromatic nitrogens is 2. The number of ether oxygens (including phenoxy) is 3. The normalized spacial score (nSPS) is 18.2. The Morgan fingerprint density at radius 2 is 1.95 bits per heavy atom. The van der Waals surface area contributed by atoms with Crippen molar-refractivity contribution in [2.75, 3.05) is 20.3 Å². The molecule has 9 heteroatoms. The van der Waals surface area contributed by atoms with Crippen LogP contribution in [0, 0.1) is 5.92 Å². The number of hydrogen-bond acceptors (Lipinski definition) is 6. The van der Waals surface area contributed by atoms with Crippen LogP contribution in [0.15, 0.2) is 36.7 Å². The molecule has 0 radical (unpaired) electrons. The number of fused-ring (bicyclic) bond motifs is 1. The number of carbonyl (C=O) groups excluding carboxylic acids is 1. The maximum Gasteiger partial charge on any atom is 0.387 e. The van der Waals surface area contributed by atoms with E-state index in [1.807, 2.05) is 22.7 Å². The molecule has 3 aromatic rings. The maximum absolute atomic E-state index is 13.3. The number of rotatable bonds is 11. The molecule has 1 unspecified atom stereocenters. The summed E-state index contributed by atoms with van der Waals surface area (Å²) >= 11 is 0. The van der Waals surface area contributed by atoms with Crippen molar-refractivity contribution in [2.24, 2.45) is 5.92 Å². The first kappa shape index (κ1) is 25.4. The lowest BCUT2D eigenvalue weighted by atomic mass is 10.00. The number of likely N-dealkylation sites (tertiary alicyclic amines) is 1. The van der Waals surface area contributed by atoms with E-state index in [4.69, 9.17) is 14.2 Å². The van der Waals surface area contributed by atoms with Gasteiger partial charge in [0.2, 0.25) is 0 Å². The SMILES string of the molecule is COc1cc(-c2cnc3cc(OCC4CCCN4C(C)C)ccn23)cc(OC(F)F)c1C(=O)CC1CC1. The molecule has 1 saturated carbocycles. The monoisotopic (exact) mass is 513 g/mol. The van der Waals surface area contributed by atoms with Crippen molar-refractivity contribution in [2.45, 2.75) is 64.6 Å². The number of pyridine rings is 1. The summed E-state index contributed by atoms with van der Waals surface area (Å²) in [6.45, 7) is 3.06. The third kappa shape index (κ3) is 5.56. The quantitative estimate of drug-likeness (QED) is 0.300. The molecule has 0 N–H and O–H groups in total. The predicted octanol–water partition coefficient (Wildman–Crippen LogP) is 5.85. The molecule has 2 fully saturated rings. The summed E-state index contributed by atoms with van der Waals surface area (Å²) in [4.78, 5) is 19.9. The van der Waals surface area contributed by atoms with Gasteiger partial charge in [-0.15, -0.1) is 0 Å².